The Bertz CT molecular complexity index is 2480. The molecule has 13 nitrogen and oxygen atoms in total. The topological polar surface area (TPSA) is 156 Å². The summed E-state index contributed by atoms with van der Waals surface area (Å²) in [5.41, 5.74) is 1.14. The SMILES string of the molecule is CS(=O)(=O)N1CCCc2[nH]nc(C(=O)N3CCC(c4ccccc4C(F)(F)F)CC3CC(=O)N3CCCc4[nH]nc(C(=O)N5CCC(c6ccccc6C(F)(F)F)CC5)c4C3)c2C1. The summed E-state index contributed by atoms with van der Waals surface area (Å²) < 4.78 is 111. The molecule has 20 heteroatoms. The van der Waals surface area contributed by atoms with Crippen LogP contribution in [0.25, 0.3) is 0 Å². The molecule has 2 aromatic heterocycles. The highest BCUT2D eigenvalue weighted by atomic mass is 32.2. The minimum atomic E-state index is -4.63. The molecule has 2 saturated heterocycles. The number of carbonyl (C=O) groups is 3. The summed E-state index contributed by atoms with van der Waals surface area (Å²) in [5.74, 6) is -2.40. The van der Waals surface area contributed by atoms with Crippen LogP contribution in [-0.2, 0) is 53.1 Å². The van der Waals surface area contributed by atoms with Crippen molar-refractivity contribution in [1.29, 1.82) is 0 Å². The number of aromatic nitrogens is 4. The molecule has 2 aromatic carbocycles. The van der Waals surface area contributed by atoms with Gasteiger partial charge in [-0.05, 0) is 86.5 Å². The first-order valence-corrected chi connectivity index (χ1v) is 23.0. The maximum atomic E-state index is 14.5. The van der Waals surface area contributed by atoms with Crippen molar-refractivity contribution in [3.8, 4) is 0 Å². The van der Waals surface area contributed by atoms with Gasteiger partial charge in [-0.2, -0.15) is 40.8 Å². The van der Waals surface area contributed by atoms with E-state index >= 15 is 0 Å². The lowest BCUT2D eigenvalue weighted by atomic mass is 9.81. The fourth-order valence-electron chi connectivity index (χ4n) is 9.84. The van der Waals surface area contributed by atoms with Crippen LogP contribution < -0.4 is 0 Å². The highest BCUT2D eigenvalue weighted by Gasteiger charge is 2.42. The van der Waals surface area contributed by atoms with Gasteiger partial charge in [0.25, 0.3) is 11.8 Å². The van der Waals surface area contributed by atoms with E-state index in [1.165, 1.54) is 39.5 Å². The third-order valence-corrected chi connectivity index (χ3v) is 14.3. The number of carbonyl (C=O) groups excluding carboxylic acids is 3. The van der Waals surface area contributed by atoms with E-state index in [0.29, 0.717) is 61.0 Å². The number of H-pyrrole nitrogens is 2. The molecule has 2 unspecified atom stereocenters. The van der Waals surface area contributed by atoms with Gasteiger partial charge in [-0.15, -0.1) is 0 Å². The molecule has 3 amide bonds. The van der Waals surface area contributed by atoms with Crippen LogP contribution in [0.5, 0.6) is 0 Å². The molecule has 4 aromatic rings. The highest BCUT2D eigenvalue weighted by Crippen LogP contribution is 2.42. The van der Waals surface area contributed by atoms with E-state index in [4.69, 9.17) is 0 Å². The van der Waals surface area contributed by atoms with Gasteiger partial charge in [-0.1, -0.05) is 36.4 Å². The van der Waals surface area contributed by atoms with Gasteiger partial charge in [-0.25, -0.2) is 8.42 Å². The van der Waals surface area contributed by atoms with E-state index in [9.17, 15) is 49.1 Å². The molecule has 0 spiro atoms. The number of nitrogens with zero attached hydrogens (tertiary/aromatic N) is 6. The lowest BCUT2D eigenvalue weighted by Gasteiger charge is -2.40. The first kappa shape index (κ1) is 44.4. The van der Waals surface area contributed by atoms with Crippen LogP contribution in [0.3, 0.4) is 0 Å². The number of aryl methyl sites for hydroxylation is 2. The standard InChI is InChI=1S/C43H48F6N8O5S/c1-63(61,62)56-18-7-13-36-32(25-56)39(53-51-36)41(60)57-21-16-27(30-9-3-5-11-34(30)43(47,48)49)22-28(57)23-37(58)55-17-6-12-35-31(24-55)38(52-50-35)40(59)54-19-14-26(15-20-54)29-8-2-4-10-33(29)42(44,45)46/h2-5,8-11,26-28H,6-7,12-25H2,1H3,(H,50,52)(H,51,53). The number of hydrogen-bond acceptors (Lipinski definition) is 7. The fourth-order valence-corrected chi connectivity index (χ4v) is 10.7. The Morgan fingerprint density at radius 2 is 1.21 bits per heavy atom. The zero-order valence-electron chi connectivity index (χ0n) is 34.6. The molecule has 2 fully saturated rings. The Labute approximate surface area is 360 Å². The fraction of sp³-hybridized carbons (Fsp3) is 0.512. The lowest BCUT2D eigenvalue weighted by Crippen LogP contribution is -2.48. The molecule has 338 valence electrons. The monoisotopic (exact) mass is 902 g/mol. The van der Waals surface area contributed by atoms with E-state index < -0.39 is 63.2 Å². The van der Waals surface area contributed by atoms with Crippen molar-refractivity contribution in [2.24, 2.45) is 0 Å². The van der Waals surface area contributed by atoms with Gasteiger partial charge in [0, 0.05) is 80.8 Å². The summed E-state index contributed by atoms with van der Waals surface area (Å²) in [6.45, 7) is 0.858. The van der Waals surface area contributed by atoms with E-state index in [1.807, 2.05) is 0 Å². The summed E-state index contributed by atoms with van der Waals surface area (Å²) in [7, 11) is -3.62. The van der Waals surface area contributed by atoms with Crippen LogP contribution in [0.2, 0.25) is 0 Å². The predicted octanol–water partition coefficient (Wildman–Crippen LogP) is 6.65. The smallest absolute Gasteiger partial charge is 0.338 e. The Hall–Kier alpha value is -5.24. The van der Waals surface area contributed by atoms with Crippen LogP contribution >= 0.6 is 0 Å². The summed E-state index contributed by atoms with van der Waals surface area (Å²) >= 11 is 0. The van der Waals surface area contributed by atoms with Crippen molar-refractivity contribution in [3.63, 3.8) is 0 Å². The van der Waals surface area contributed by atoms with Crippen molar-refractivity contribution in [3.05, 3.63) is 105 Å². The number of rotatable bonds is 7. The first-order chi connectivity index (χ1) is 29.9. The number of halogens is 6. The van der Waals surface area contributed by atoms with Crippen molar-refractivity contribution < 1.29 is 49.1 Å². The number of amides is 3. The van der Waals surface area contributed by atoms with Gasteiger partial charge < -0.3 is 14.7 Å². The molecule has 6 heterocycles. The zero-order chi connectivity index (χ0) is 44.8. The summed E-state index contributed by atoms with van der Waals surface area (Å²) in [4.78, 5) is 47.6. The van der Waals surface area contributed by atoms with Crippen molar-refractivity contribution in [1.82, 2.24) is 39.4 Å². The molecule has 0 bridgehead atoms. The maximum absolute atomic E-state index is 14.5. The molecule has 4 aliphatic heterocycles. The van der Waals surface area contributed by atoms with Crippen LogP contribution in [0.1, 0.15) is 123 Å². The Balaban J connectivity index is 1.02. The number of likely N-dealkylation sites (tertiary alicyclic amines) is 2. The van der Waals surface area contributed by atoms with E-state index in [-0.39, 0.29) is 93.5 Å². The zero-order valence-corrected chi connectivity index (χ0v) is 35.4. The number of fused-ring (bicyclic) bond motifs is 2. The van der Waals surface area contributed by atoms with Crippen LogP contribution in [0.4, 0.5) is 26.3 Å². The van der Waals surface area contributed by atoms with Gasteiger partial charge in [0.05, 0.1) is 17.4 Å². The Morgan fingerprint density at radius 3 is 1.79 bits per heavy atom. The summed E-state index contributed by atoms with van der Waals surface area (Å²) in [6, 6.07) is 9.90. The second-order valence-corrected chi connectivity index (χ2v) is 19.0. The minimum absolute atomic E-state index is 0.00157. The summed E-state index contributed by atoms with van der Waals surface area (Å²) in [6.07, 6.45) is -5.54. The van der Waals surface area contributed by atoms with Gasteiger partial charge in [0.1, 0.15) is 0 Å². The number of sulfonamides is 1. The number of alkyl halides is 6. The average molecular weight is 903 g/mol. The lowest BCUT2D eigenvalue weighted by molar-refractivity contribution is -0.139. The van der Waals surface area contributed by atoms with Crippen molar-refractivity contribution >= 4 is 27.7 Å². The third kappa shape index (κ3) is 9.23. The number of benzene rings is 2. The molecule has 63 heavy (non-hydrogen) atoms. The number of aromatic amines is 2. The van der Waals surface area contributed by atoms with Gasteiger partial charge in [0.15, 0.2) is 11.4 Å². The Kier molecular flexibility index (Phi) is 12.2. The number of nitrogens with one attached hydrogen (secondary N) is 2. The first-order valence-electron chi connectivity index (χ1n) is 21.2. The number of hydrogen-bond donors (Lipinski definition) is 2. The predicted molar refractivity (Wildman–Crippen MR) is 217 cm³/mol. The van der Waals surface area contributed by atoms with E-state index in [2.05, 4.69) is 20.4 Å². The largest absolute Gasteiger partial charge is 0.416 e. The maximum Gasteiger partial charge on any atom is 0.416 e. The van der Waals surface area contributed by atoms with Crippen molar-refractivity contribution in [2.45, 2.75) is 101 Å². The van der Waals surface area contributed by atoms with Gasteiger partial charge in [-0.3, -0.25) is 24.6 Å². The van der Waals surface area contributed by atoms with Gasteiger partial charge >= 0.3 is 12.4 Å². The third-order valence-electron chi connectivity index (χ3n) is 13.1. The van der Waals surface area contributed by atoms with E-state index in [1.54, 1.807) is 15.9 Å². The summed E-state index contributed by atoms with van der Waals surface area (Å²) in [5, 5.41) is 14.5. The van der Waals surface area contributed by atoms with Crippen LogP contribution in [-0.4, -0.2) is 111 Å². The van der Waals surface area contributed by atoms with E-state index in [0.717, 1.165) is 18.4 Å². The molecule has 8 rings (SSSR count). The molecule has 4 aliphatic rings. The van der Waals surface area contributed by atoms with Gasteiger partial charge in [0.2, 0.25) is 15.9 Å². The minimum Gasteiger partial charge on any atom is -0.338 e. The highest BCUT2D eigenvalue weighted by molar-refractivity contribution is 7.88. The molecule has 0 aliphatic carbocycles. The second kappa shape index (κ2) is 17.4. The average Bonchev–Trinajstić information content (AvgIpc) is 3.68. The number of piperidine rings is 2. The molecule has 2 N–H and O–H groups in total. The van der Waals surface area contributed by atoms with Crippen LogP contribution in [0, 0.1) is 0 Å². The molecule has 0 saturated carbocycles. The normalized spacial score (nSPS) is 20.8. The molecular weight excluding hydrogens is 855 g/mol. The molecule has 2 atom stereocenters. The molecule has 0 radical (unpaired) electrons. The van der Waals surface area contributed by atoms with Crippen LogP contribution in [0.15, 0.2) is 48.5 Å². The second-order valence-electron chi connectivity index (χ2n) is 17.0. The van der Waals surface area contributed by atoms with Crippen molar-refractivity contribution in [2.75, 3.05) is 39.0 Å². The quantitative estimate of drug-likeness (QED) is 0.197. The Morgan fingerprint density at radius 1 is 0.683 bits per heavy atom. The molecular formula is C43H48F6N8O5S.